The molecule has 74 valence electrons. The van der Waals surface area contributed by atoms with E-state index in [2.05, 4.69) is 24.8 Å². The second-order valence-electron chi connectivity index (χ2n) is 4.72. The van der Waals surface area contributed by atoms with E-state index in [9.17, 15) is 5.26 Å². The summed E-state index contributed by atoms with van der Waals surface area (Å²) in [5, 5.41) is 9.31. The van der Waals surface area contributed by atoms with Gasteiger partial charge in [-0.25, -0.2) is 0 Å². The van der Waals surface area contributed by atoms with Crippen LogP contribution in [0.4, 0.5) is 0 Å². The standard InChI is InChI=1S/C11H20N2/c1-9-5-6-10(2)11(7-9,8-12)13(3)4/h9-10H,5-7H2,1-4H3. The van der Waals surface area contributed by atoms with Gasteiger partial charge in [0, 0.05) is 0 Å². The lowest BCUT2D eigenvalue weighted by molar-refractivity contribution is 0.0744. The zero-order chi connectivity index (χ0) is 10.1. The van der Waals surface area contributed by atoms with Crippen LogP contribution in [0.1, 0.15) is 33.1 Å². The molecule has 0 heterocycles. The third-order valence-corrected chi connectivity index (χ3v) is 3.56. The van der Waals surface area contributed by atoms with E-state index < -0.39 is 0 Å². The van der Waals surface area contributed by atoms with Crippen LogP contribution in [0.3, 0.4) is 0 Å². The molecule has 0 aromatic carbocycles. The molecule has 1 aliphatic carbocycles. The van der Waals surface area contributed by atoms with Gasteiger partial charge in [0.2, 0.25) is 0 Å². The van der Waals surface area contributed by atoms with E-state index >= 15 is 0 Å². The second kappa shape index (κ2) is 3.67. The highest BCUT2D eigenvalue weighted by atomic mass is 15.1. The zero-order valence-corrected chi connectivity index (χ0v) is 9.17. The summed E-state index contributed by atoms with van der Waals surface area (Å²) in [5.41, 5.74) is -0.211. The maximum atomic E-state index is 9.31. The van der Waals surface area contributed by atoms with Crippen molar-refractivity contribution in [2.45, 2.75) is 38.6 Å². The molecular formula is C11H20N2. The minimum absolute atomic E-state index is 0.211. The van der Waals surface area contributed by atoms with Gasteiger partial charge in [0.05, 0.1) is 6.07 Å². The third kappa shape index (κ3) is 1.71. The number of hydrogen-bond donors (Lipinski definition) is 0. The van der Waals surface area contributed by atoms with E-state index in [4.69, 9.17) is 0 Å². The Morgan fingerprint density at radius 2 is 1.92 bits per heavy atom. The molecule has 0 aromatic rings. The number of hydrogen-bond acceptors (Lipinski definition) is 2. The van der Waals surface area contributed by atoms with Crippen molar-refractivity contribution in [1.82, 2.24) is 4.90 Å². The topological polar surface area (TPSA) is 27.0 Å². The number of nitrogens with zero attached hydrogens (tertiary/aromatic N) is 2. The van der Waals surface area contributed by atoms with Crippen LogP contribution in [-0.2, 0) is 0 Å². The van der Waals surface area contributed by atoms with Gasteiger partial charge >= 0.3 is 0 Å². The van der Waals surface area contributed by atoms with E-state index in [1.54, 1.807) is 0 Å². The van der Waals surface area contributed by atoms with E-state index in [0.717, 1.165) is 6.42 Å². The Labute approximate surface area is 81.5 Å². The van der Waals surface area contributed by atoms with Crippen molar-refractivity contribution in [3.05, 3.63) is 0 Å². The smallest absolute Gasteiger partial charge is 0.111 e. The van der Waals surface area contributed by atoms with Crippen LogP contribution in [0.15, 0.2) is 0 Å². The molecule has 0 N–H and O–H groups in total. The van der Waals surface area contributed by atoms with Crippen LogP contribution < -0.4 is 0 Å². The summed E-state index contributed by atoms with van der Waals surface area (Å²) in [7, 11) is 4.05. The van der Waals surface area contributed by atoms with Crippen LogP contribution in [0.25, 0.3) is 0 Å². The second-order valence-corrected chi connectivity index (χ2v) is 4.72. The highest BCUT2D eigenvalue weighted by Crippen LogP contribution is 2.39. The molecule has 3 unspecified atom stereocenters. The molecule has 2 heteroatoms. The van der Waals surface area contributed by atoms with Gasteiger partial charge in [0.15, 0.2) is 0 Å². The van der Waals surface area contributed by atoms with Crippen molar-refractivity contribution in [2.24, 2.45) is 11.8 Å². The fourth-order valence-electron chi connectivity index (χ4n) is 2.49. The lowest BCUT2D eigenvalue weighted by atomic mass is 9.70. The van der Waals surface area contributed by atoms with Crippen LogP contribution in [-0.4, -0.2) is 24.5 Å². The van der Waals surface area contributed by atoms with Crippen molar-refractivity contribution in [3.63, 3.8) is 0 Å². The van der Waals surface area contributed by atoms with Gasteiger partial charge in [-0.2, -0.15) is 5.26 Å². The average Bonchev–Trinajstić information content (AvgIpc) is 2.09. The van der Waals surface area contributed by atoms with E-state index in [-0.39, 0.29) is 5.54 Å². The summed E-state index contributed by atoms with van der Waals surface area (Å²) in [5.74, 6) is 1.20. The van der Waals surface area contributed by atoms with Crippen molar-refractivity contribution >= 4 is 0 Å². The third-order valence-electron chi connectivity index (χ3n) is 3.56. The van der Waals surface area contributed by atoms with Crippen molar-refractivity contribution in [1.29, 1.82) is 5.26 Å². The zero-order valence-electron chi connectivity index (χ0n) is 9.17. The first kappa shape index (κ1) is 10.5. The molecule has 1 saturated carbocycles. The molecule has 0 bridgehead atoms. The van der Waals surface area contributed by atoms with E-state index in [1.165, 1.54) is 12.8 Å². The Bertz CT molecular complexity index is 217. The summed E-state index contributed by atoms with van der Waals surface area (Å²) in [6.07, 6.45) is 3.49. The molecular weight excluding hydrogens is 160 g/mol. The SMILES string of the molecule is CC1CCC(C)C(C#N)(N(C)C)C1. The first-order chi connectivity index (χ1) is 6.03. The van der Waals surface area contributed by atoms with Gasteiger partial charge < -0.3 is 0 Å². The lowest BCUT2D eigenvalue weighted by Gasteiger charge is -2.44. The van der Waals surface area contributed by atoms with Crippen LogP contribution in [0.5, 0.6) is 0 Å². The van der Waals surface area contributed by atoms with Crippen molar-refractivity contribution in [2.75, 3.05) is 14.1 Å². The maximum Gasteiger partial charge on any atom is 0.111 e. The molecule has 0 saturated heterocycles. The molecule has 1 aliphatic rings. The maximum absolute atomic E-state index is 9.31. The molecule has 0 aromatic heterocycles. The Hall–Kier alpha value is -0.550. The van der Waals surface area contributed by atoms with Crippen LogP contribution in [0.2, 0.25) is 0 Å². The normalized spacial score (nSPS) is 40.3. The molecule has 0 spiro atoms. The van der Waals surface area contributed by atoms with Gasteiger partial charge in [-0.3, -0.25) is 4.90 Å². The molecule has 0 aliphatic heterocycles. The minimum Gasteiger partial charge on any atom is -0.291 e. The highest BCUT2D eigenvalue weighted by molar-refractivity contribution is 5.12. The highest BCUT2D eigenvalue weighted by Gasteiger charge is 2.42. The summed E-state index contributed by atoms with van der Waals surface area (Å²) >= 11 is 0. The molecule has 2 nitrogen and oxygen atoms in total. The van der Waals surface area contributed by atoms with Crippen molar-refractivity contribution < 1.29 is 0 Å². The van der Waals surface area contributed by atoms with E-state index in [1.807, 2.05) is 14.1 Å². The van der Waals surface area contributed by atoms with Crippen LogP contribution in [0, 0.1) is 23.2 Å². The molecule has 3 atom stereocenters. The Balaban J connectivity index is 2.88. The molecule has 1 rings (SSSR count). The van der Waals surface area contributed by atoms with Gasteiger partial charge in [0.25, 0.3) is 0 Å². The largest absolute Gasteiger partial charge is 0.291 e. The molecule has 0 radical (unpaired) electrons. The number of rotatable bonds is 1. The van der Waals surface area contributed by atoms with Gasteiger partial charge in [-0.1, -0.05) is 20.3 Å². The predicted octanol–water partition coefficient (Wildman–Crippen LogP) is 2.27. The van der Waals surface area contributed by atoms with Crippen LogP contribution >= 0.6 is 0 Å². The minimum atomic E-state index is -0.211. The Kier molecular flexibility index (Phi) is 2.98. The van der Waals surface area contributed by atoms with Gasteiger partial charge in [-0.15, -0.1) is 0 Å². The molecule has 1 fully saturated rings. The molecule has 0 amide bonds. The predicted molar refractivity (Wildman–Crippen MR) is 54.2 cm³/mol. The molecule has 13 heavy (non-hydrogen) atoms. The Morgan fingerprint density at radius 1 is 1.31 bits per heavy atom. The van der Waals surface area contributed by atoms with E-state index in [0.29, 0.717) is 11.8 Å². The average molecular weight is 180 g/mol. The quantitative estimate of drug-likeness (QED) is 0.619. The summed E-state index contributed by atoms with van der Waals surface area (Å²) in [6, 6.07) is 2.52. The fraction of sp³-hybridized carbons (Fsp3) is 0.909. The Morgan fingerprint density at radius 3 is 2.31 bits per heavy atom. The summed E-state index contributed by atoms with van der Waals surface area (Å²) in [6.45, 7) is 4.45. The van der Waals surface area contributed by atoms with Gasteiger partial charge in [-0.05, 0) is 38.8 Å². The summed E-state index contributed by atoms with van der Waals surface area (Å²) < 4.78 is 0. The number of nitriles is 1. The van der Waals surface area contributed by atoms with Crippen molar-refractivity contribution in [3.8, 4) is 6.07 Å². The first-order valence-corrected chi connectivity index (χ1v) is 5.11. The van der Waals surface area contributed by atoms with Gasteiger partial charge in [0.1, 0.15) is 5.54 Å². The summed E-state index contributed by atoms with van der Waals surface area (Å²) in [4.78, 5) is 2.10. The monoisotopic (exact) mass is 180 g/mol. The lowest BCUT2D eigenvalue weighted by Crippen LogP contribution is -2.51. The fourth-order valence-corrected chi connectivity index (χ4v) is 2.49. The first-order valence-electron chi connectivity index (χ1n) is 5.11.